The minimum Gasteiger partial charge on any atom is -0.434 e. The Hall–Kier alpha value is -2.09. The van der Waals surface area contributed by atoms with E-state index >= 15 is 0 Å². The Morgan fingerprint density at radius 1 is 1.37 bits per heavy atom. The molecule has 0 saturated carbocycles. The van der Waals surface area contributed by atoms with E-state index in [-0.39, 0.29) is 11.8 Å². The van der Waals surface area contributed by atoms with E-state index in [1.165, 1.54) is 6.07 Å². The number of halogens is 2. The van der Waals surface area contributed by atoms with Crippen LogP contribution in [-0.4, -0.2) is 27.2 Å². The van der Waals surface area contributed by atoms with Crippen molar-refractivity contribution in [3.63, 3.8) is 0 Å². The molecule has 1 atom stereocenters. The van der Waals surface area contributed by atoms with E-state index < -0.39 is 6.61 Å². The van der Waals surface area contributed by atoms with Gasteiger partial charge < -0.3 is 10.1 Å². The zero-order valence-corrected chi connectivity index (χ0v) is 10.2. The first-order chi connectivity index (χ1) is 9.16. The Morgan fingerprint density at radius 2 is 2.16 bits per heavy atom. The molecular weight excluding hydrogens is 256 g/mol. The van der Waals surface area contributed by atoms with Crippen molar-refractivity contribution in [3.8, 4) is 5.75 Å². The lowest BCUT2D eigenvalue weighted by atomic mass is 10.1. The second kappa shape index (κ2) is 6.19. The molecule has 0 amide bonds. The quantitative estimate of drug-likeness (QED) is 0.834. The Morgan fingerprint density at radius 3 is 2.84 bits per heavy atom. The van der Waals surface area contributed by atoms with Gasteiger partial charge in [-0.15, -0.1) is 10.2 Å². The number of ether oxygens (including phenoxy) is 1. The Balaban J connectivity index is 2.03. The maximum Gasteiger partial charge on any atom is 0.387 e. The summed E-state index contributed by atoms with van der Waals surface area (Å²) in [6.45, 7) is -0.625. The average Bonchev–Trinajstić information content (AvgIpc) is 2.89. The maximum absolute atomic E-state index is 12.3. The minimum absolute atomic E-state index is 0.158. The first kappa shape index (κ1) is 13.3. The van der Waals surface area contributed by atoms with Crippen LogP contribution in [0, 0.1) is 0 Å². The Kier molecular flexibility index (Phi) is 4.35. The van der Waals surface area contributed by atoms with Gasteiger partial charge >= 0.3 is 6.61 Å². The number of tetrazole rings is 1. The molecular formula is C11H13F2N5O. The summed E-state index contributed by atoms with van der Waals surface area (Å²) in [5, 5.41) is 16.5. The van der Waals surface area contributed by atoms with E-state index in [0.717, 1.165) is 0 Å². The smallest absolute Gasteiger partial charge is 0.387 e. The Labute approximate surface area is 108 Å². The summed E-state index contributed by atoms with van der Waals surface area (Å²) in [4.78, 5) is 0. The topological polar surface area (TPSA) is 75.7 Å². The van der Waals surface area contributed by atoms with E-state index in [4.69, 9.17) is 0 Å². The summed E-state index contributed by atoms with van der Waals surface area (Å²) < 4.78 is 29.1. The molecule has 6 nitrogen and oxygen atoms in total. The van der Waals surface area contributed by atoms with Crippen LogP contribution in [0.1, 0.15) is 24.4 Å². The second-order valence-corrected chi connectivity index (χ2v) is 3.85. The molecule has 2 N–H and O–H groups in total. The zero-order chi connectivity index (χ0) is 13.7. The number of aromatic nitrogens is 4. The average molecular weight is 269 g/mol. The lowest BCUT2D eigenvalue weighted by Gasteiger charge is -2.17. The van der Waals surface area contributed by atoms with Gasteiger partial charge in [-0.25, -0.2) is 0 Å². The molecule has 0 aliphatic heterocycles. The molecule has 0 bridgehead atoms. The van der Waals surface area contributed by atoms with Crippen molar-refractivity contribution in [1.82, 2.24) is 25.9 Å². The number of alkyl halides is 2. The van der Waals surface area contributed by atoms with Gasteiger partial charge in [0.15, 0.2) is 5.82 Å². The van der Waals surface area contributed by atoms with Crippen molar-refractivity contribution in [2.45, 2.75) is 26.1 Å². The summed E-state index contributed by atoms with van der Waals surface area (Å²) in [7, 11) is 0. The molecule has 19 heavy (non-hydrogen) atoms. The van der Waals surface area contributed by atoms with Gasteiger partial charge in [0.1, 0.15) is 5.75 Å². The highest BCUT2D eigenvalue weighted by molar-refractivity contribution is 5.35. The lowest BCUT2D eigenvalue weighted by molar-refractivity contribution is -0.0506. The molecule has 2 rings (SSSR count). The molecule has 0 aliphatic carbocycles. The van der Waals surface area contributed by atoms with Crippen LogP contribution in [0.4, 0.5) is 8.78 Å². The minimum atomic E-state index is -2.84. The molecule has 1 aromatic carbocycles. The number of aromatic amines is 1. The van der Waals surface area contributed by atoms with E-state index in [0.29, 0.717) is 17.9 Å². The van der Waals surface area contributed by atoms with Gasteiger partial charge in [0.05, 0.1) is 6.54 Å². The molecule has 8 heteroatoms. The van der Waals surface area contributed by atoms with Crippen molar-refractivity contribution < 1.29 is 13.5 Å². The number of benzene rings is 1. The molecule has 1 aromatic heterocycles. The fourth-order valence-corrected chi connectivity index (χ4v) is 1.65. The molecule has 1 heterocycles. The number of H-pyrrole nitrogens is 1. The first-order valence-electron chi connectivity index (χ1n) is 5.66. The summed E-state index contributed by atoms with van der Waals surface area (Å²) in [6, 6.07) is 6.46. The third-order valence-corrected chi connectivity index (χ3v) is 2.56. The van der Waals surface area contributed by atoms with Crippen molar-refractivity contribution in [2.75, 3.05) is 0 Å². The number of rotatable bonds is 6. The summed E-state index contributed by atoms with van der Waals surface area (Å²) in [6.07, 6.45) is 0. The fraction of sp³-hybridized carbons (Fsp3) is 0.364. The van der Waals surface area contributed by atoms with Crippen LogP contribution in [0.3, 0.4) is 0 Å². The molecule has 1 unspecified atom stereocenters. The number of hydrogen-bond donors (Lipinski definition) is 2. The zero-order valence-electron chi connectivity index (χ0n) is 10.2. The van der Waals surface area contributed by atoms with E-state index in [2.05, 4.69) is 30.7 Å². The van der Waals surface area contributed by atoms with Crippen LogP contribution < -0.4 is 10.1 Å². The fourth-order valence-electron chi connectivity index (χ4n) is 1.65. The first-order valence-corrected chi connectivity index (χ1v) is 5.66. The van der Waals surface area contributed by atoms with Gasteiger partial charge in [0.25, 0.3) is 0 Å². The maximum atomic E-state index is 12.3. The van der Waals surface area contributed by atoms with E-state index in [1.54, 1.807) is 18.2 Å². The van der Waals surface area contributed by atoms with E-state index in [9.17, 15) is 8.78 Å². The van der Waals surface area contributed by atoms with Gasteiger partial charge in [-0.2, -0.15) is 14.0 Å². The van der Waals surface area contributed by atoms with Crippen LogP contribution in [-0.2, 0) is 6.54 Å². The van der Waals surface area contributed by atoms with Gasteiger partial charge in [0.2, 0.25) is 0 Å². The van der Waals surface area contributed by atoms with Crippen molar-refractivity contribution in [2.24, 2.45) is 0 Å². The summed E-state index contributed by atoms with van der Waals surface area (Å²) in [5.41, 5.74) is 0.645. The molecule has 0 fully saturated rings. The lowest BCUT2D eigenvalue weighted by Crippen LogP contribution is -2.20. The second-order valence-electron chi connectivity index (χ2n) is 3.85. The molecule has 2 aromatic rings. The monoisotopic (exact) mass is 269 g/mol. The highest BCUT2D eigenvalue weighted by Crippen LogP contribution is 2.26. The standard InChI is InChI=1S/C11H13F2N5O/c1-7(14-6-10-15-17-18-16-10)8-4-2-3-5-9(8)19-11(12)13/h2-5,7,11,14H,6H2,1H3,(H,15,16,17,18). The Bertz CT molecular complexity index is 506. The van der Waals surface area contributed by atoms with Crippen molar-refractivity contribution >= 4 is 0 Å². The van der Waals surface area contributed by atoms with Crippen LogP contribution in [0.25, 0.3) is 0 Å². The third kappa shape index (κ3) is 3.68. The molecule has 102 valence electrons. The van der Waals surface area contributed by atoms with Crippen molar-refractivity contribution in [3.05, 3.63) is 35.7 Å². The van der Waals surface area contributed by atoms with Gasteiger partial charge in [-0.05, 0) is 13.0 Å². The summed E-state index contributed by atoms with van der Waals surface area (Å²) in [5.74, 6) is 0.657. The normalized spacial score (nSPS) is 12.6. The number of nitrogens with one attached hydrogen (secondary N) is 2. The molecule has 0 saturated heterocycles. The number of para-hydroxylation sites is 1. The van der Waals surface area contributed by atoms with Gasteiger partial charge in [0, 0.05) is 11.6 Å². The van der Waals surface area contributed by atoms with Crippen LogP contribution in [0.15, 0.2) is 24.3 Å². The SMILES string of the molecule is CC(NCc1nn[nH]n1)c1ccccc1OC(F)F. The van der Waals surface area contributed by atoms with Crippen LogP contribution >= 0.6 is 0 Å². The highest BCUT2D eigenvalue weighted by atomic mass is 19.3. The van der Waals surface area contributed by atoms with Gasteiger partial charge in [-0.3, -0.25) is 0 Å². The molecule has 0 aliphatic rings. The number of hydrogen-bond acceptors (Lipinski definition) is 5. The van der Waals surface area contributed by atoms with Gasteiger partial charge in [-0.1, -0.05) is 23.4 Å². The summed E-state index contributed by atoms with van der Waals surface area (Å²) >= 11 is 0. The van der Waals surface area contributed by atoms with Crippen molar-refractivity contribution in [1.29, 1.82) is 0 Å². The number of nitrogens with zero attached hydrogens (tertiary/aromatic N) is 3. The highest BCUT2D eigenvalue weighted by Gasteiger charge is 2.14. The predicted octanol–water partition coefficient (Wildman–Crippen LogP) is 1.65. The molecule has 0 spiro atoms. The van der Waals surface area contributed by atoms with E-state index in [1.807, 2.05) is 6.92 Å². The van der Waals surface area contributed by atoms with Crippen LogP contribution in [0.2, 0.25) is 0 Å². The largest absolute Gasteiger partial charge is 0.434 e. The van der Waals surface area contributed by atoms with Crippen LogP contribution in [0.5, 0.6) is 5.75 Å². The molecule has 0 radical (unpaired) electrons. The third-order valence-electron chi connectivity index (χ3n) is 2.56. The predicted molar refractivity (Wildman–Crippen MR) is 62.5 cm³/mol.